The predicted octanol–water partition coefficient (Wildman–Crippen LogP) is 4.19. The lowest BCUT2D eigenvalue weighted by molar-refractivity contribution is -0.139. The van der Waals surface area contributed by atoms with Gasteiger partial charge >= 0.3 is 5.97 Å². The first kappa shape index (κ1) is 18.3. The lowest BCUT2D eigenvalue weighted by Gasteiger charge is -2.16. The Morgan fingerprint density at radius 2 is 1.60 bits per heavy atom. The molecule has 4 nitrogen and oxygen atoms in total. The zero-order valence-electron chi connectivity index (χ0n) is 14.1. The SMILES string of the molecule is C=CCc1cc(OCc2ccccc2)cc(CC=C)c1OCC(=O)O. The molecular formula is C21H22O4. The van der Waals surface area contributed by atoms with Gasteiger partial charge in [0.25, 0.3) is 0 Å². The second kappa shape index (κ2) is 9.33. The number of aliphatic carboxylic acids is 1. The molecule has 0 aliphatic heterocycles. The van der Waals surface area contributed by atoms with Crippen LogP contribution in [0.2, 0.25) is 0 Å². The van der Waals surface area contributed by atoms with Gasteiger partial charge in [0.2, 0.25) is 0 Å². The molecule has 0 heterocycles. The van der Waals surface area contributed by atoms with Crippen LogP contribution in [0.3, 0.4) is 0 Å². The molecule has 0 aromatic heterocycles. The minimum Gasteiger partial charge on any atom is -0.489 e. The highest BCUT2D eigenvalue weighted by atomic mass is 16.5. The Kier molecular flexibility index (Phi) is 6.84. The molecule has 0 saturated carbocycles. The molecule has 1 N–H and O–H groups in total. The normalized spacial score (nSPS) is 10.1. The van der Waals surface area contributed by atoms with Crippen LogP contribution in [0.4, 0.5) is 0 Å². The van der Waals surface area contributed by atoms with E-state index >= 15 is 0 Å². The average Bonchev–Trinajstić information content (AvgIpc) is 2.60. The second-order valence-corrected chi connectivity index (χ2v) is 5.51. The topological polar surface area (TPSA) is 55.8 Å². The summed E-state index contributed by atoms with van der Waals surface area (Å²) < 4.78 is 11.4. The summed E-state index contributed by atoms with van der Waals surface area (Å²) in [5.74, 6) is 0.257. The summed E-state index contributed by atoms with van der Waals surface area (Å²) in [6.45, 7) is 7.58. The van der Waals surface area contributed by atoms with E-state index in [9.17, 15) is 4.79 Å². The first-order valence-corrected chi connectivity index (χ1v) is 8.03. The molecule has 0 radical (unpaired) electrons. The summed E-state index contributed by atoms with van der Waals surface area (Å²) in [5.41, 5.74) is 2.77. The van der Waals surface area contributed by atoms with Crippen LogP contribution in [-0.4, -0.2) is 17.7 Å². The summed E-state index contributed by atoms with van der Waals surface area (Å²) in [7, 11) is 0. The Hall–Kier alpha value is -3.01. The van der Waals surface area contributed by atoms with E-state index in [1.807, 2.05) is 42.5 Å². The third-order valence-corrected chi connectivity index (χ3v) is 3.53. The van der Waals surface area contributed by atoms with E-state index in [1.165, 1.54) is 0 Å². The van der Waals surface area contributed by atoms with Crippen LogP contribution in [0, 0.1) is 0 Å². The van der Waals surface area contributed by atoms with Crippen molar-refractivity contribution in [2.45, 2.75) is 19.4 Å². The molecule has 0 fully saturated rings. The molecular weight excluding hydrogens is 316 g/mol. The van der Waals surface area contributed by atoms with Crippen molar-refractivity contribution < 1.29 is 19.4 Å². The molecule has 2 rings (SSSR count). The van der Waals surface area contributed by atoms with Gasteiger partial charge in [-0.3, -0.25) is 0 Å². The van der Waals surface area contributed by atoms with Gasteiger partial charge in [0.15, 0.2) is 6.61 Å². The summed E-state index contributed by atoms with van der Waals surface area (Å²) in [6.07, 6.45) is 4.62. The molecule has 0 saturated heterocycles. The van der Waals surface area contributed by atoms with E-state index in [0.717, 1.165) is 16.7 Å². The Bertz CT molecular complexity index is 704. The Morgan fingerprint density at radius 1 is 1.00 bits per heavy atom. The van der Waals surface area contributed by atoms with E-state index in [2.05, 4.69) is 13.2 Å². The Morgan fingerprint density at radius 3 is 2.12 bits per heavy atom. The number of carboxylic acids is 1. The maximum absolute atomic E-state index is 10.8. The molecule has 0 spiro atoms. The van der Waals surface area contributed by atoms with Crippen LogP contribution in [0.15, 0.2) is 67.8 Å². The van der Waals surface area contributed by atoms with Gasteiger partial charge in [-0.25, -0.2) is 4.79 Å². The van der Waals surface area contributed by atoms with Crippen LogP contribution in [0.5, 0.6) is 11.5 Å². The van der Waals surface area contributed by atoms with Crippen molar-refractivity contribution in [2.75, 3.05) is 6.61 Å². The van der Waals surface area contributed by atoms with Crippen LogP contribution in [-0.2, 0) is 24.2 Å². The Labute approximate surface area is 148 Å². The summed E-state index contributed by atoms with van der Waals surface area (Å²) in [4.78, 5) is 10.8. The average molecular weight is 338 g/mol. The van der Waals surface area contributed by atoms with Crippen molar-refractivity contribution >= 4 is 5.97 Å². The molecule has 25 heavy (non-hydrogen) atoms. The molecule has 0 aliphatic carbocycles. The standard InChI is InChI=1S/C21H22O4/c1-3-8-17-12-19(24-14-16-10-6-5-7-11-16)13-18(9-4-2)21(17)25-15-20(22)23/h3-7,10-13H,1-2,8-9,14-15H2,(H,22,23). The number of hydrogen-bond donors (Lipinski definition) is 1. The number of ether oxygens (including phenoxy) is 2. The first-order valence-electron chi connectivity index (χ1n) is 8.03. The zero-order chi connectivity index (χ0) is 18.1. The Balaban J connectivity index is 2.28. The fourth-order valence-corrected chi connectivity index (χ4v) is 2.48. The molecule has 2 aromatic rings. The van der Waals surface area contributed by atoms with Gasteiger partial charge in [-0.05, 0) is 30.5 Å². The van der Waals surface area contributed by atoms with Gasteiger partial charge in [0.05, 0.1) is 0 Å². The van der Waals surface area contributed by atoms with Crippen molar-refractivity contribution in [2.24, 2.45) is 0 Å². The first-order chi connectivity index (χ1) is 12.1. The number of allylic oxidation sites excluding steroid dienone is 2. The highest BCUT2D eigenvalue weighted by Crippen LogP contribution is 2.31. The second-order valence-electron chi connectivity index (χ2n) is 5.51. The molecule has 2 aromatic carbocycles. The largest absolute Gasteiger partial charge is 0.489 e. The number of carboxylic acid groups (broad SMARTS) is 1. The van der Waals surface area contributed by atoms with E-state index in [-0.39, 0.29) is 0 Å². The summed E-state index contributed by atoms with van der Waals surface area (Å²) in [5, 5.41) is 8.89. The van der Waals surface area contributed by atoms with Crippen LogP contribution < -0.4 is 9.47 Å². The van der Waals surface area contributed by atoms with Crippen molar-refractivity contribution in [3.8, 4) is 11.5 Å². The van der Waals surface area contributed by atoms with Crippen LogP contribution >= 0.6 is 0 Å². The van der Waals surface area contributed by atoms with Crippen LogP contribution in [0.25, 0.3) is 0 Å². The predicted molar refractivity (Wildman–Crippen MR) is 98.1 cm³/mol. The third-order valence-electron chi connectivity index (χ3n) is 3.53. The fraction of sp³-hybridized carbons (Fsp3) is 0.190. The third kappa shape index (κ3) is 5.53. The summed E-state index contributed by atoms with van der Waals surface area (Å²) in [6, 6.07) is 13.6. The van der Waals surface area contributed by atoms with Crippen molar-refractivity contribution in [1.82, 2.24) is 0 Å². The number of carbonyl (C=O) groups is 1. The summed E-state index contributed by atoms with van der Waals surface area (Å²) >= 11 is 0. The molecule has 0 amide bonds. The fourth-order valence-electron chi connectivity index (χ4n) is 2.48. The van der Waals surface area contributed by atoms with Gasteiger partial charge < -0.3 is 14.6 Å². The molecule has 0 atom stereocenters. The minimum atomic E-state index is -1.02. The molecule has 0 unspecified atom stereocenters. The molecule has 130 valence electrons. The maximum Gasteiger partial charge on any atom is 0.341 e. The lowest BCUT2D eigenvalue weighted by atomic mass is 10.0. The number of rotatable bonds is 10. The van der Waals surface area contributed by atoms with Gasteiger partial charge in [0, 0.05) is 11.1 Å². The maximum atomic E-state index is 10.8. The van der Waals surface area contributed by atoms with Crippen molar-refractivity contribution in [3.63, 3.8) is 0 Å². The number of hydrogen-bond acceptors (Lipinski definition) is 3. The smallest absolute Gasteiger partial charge is 0.341 e. The van der Waals surface area contributed by atoms with Gasteiger partial charge in [-0.1, -0.05) is 42.5 Å². The van der Waals surface area contributed by atoms with Gasteiger partial charge in [-0.2, -0.15) is 0 Å². The zero-order valence-corrected chi connectivity index (χ0v) is 14.1. The van der Waals surface area contributed by atoms with Gasteiger partial charge in [0.1, 0.15) is 18.1 Å². The van der Waals surface area contributed by atoms with E-state index in [1.54, 1.807) is 12.2 Å². The van der Waals surface area contributed by atoms with Crippen molar-refractivity contribution in [1.29, 1.82) is 0 Å². The monoisotopic (exact) mass is 338 g/mol. The molecule has 4 heteroatoms. The van der Waals surface area contributed by atoms with E-state index in [0.29, 0.717) is 30.9 Å². The molecule has 0 aliphatic rings. The quantitative estimate of drug-likeness (QED) is 0.660. The van der Waals surface area contributed by atoms with E-state index < -0.39 is 12.6 Å². The minimum absolute atomic E-state index is 0.390. The highest BCUT2D eigenvalue weighted by Gasteiger charge is 2.13. The van der Waals surface area contributed by atoms with Crippen molar-refractivity contribution in [3.05, 3.63) is 84.5 Å². The number of benzene rings is 2. The van der Waals surface area contributed by atoms with E-state index in [4.69, 9.17) is 14.6 Å². The van der Waals surface area contributed by atoms with Gasteiger partial charge in [-0.15, -0.1) is 13.2 Å². The lowest BCUT2D eigenvalue weighted by Crippen LogP contribution is -2.12. The molecule has 0 bridgehead atoms. The van der Waals surface area contributed by atoms with Crippen LogP contribution in [0.1, 0.15) is 16.7 Å². The highest BCUT2D eigenvalue weighted by molar-refractivity contribution is 5.68.